The third-order valence-electron chi connectivity index (χ3n) is 4.20. The van der Waals surface area contributed by atoms with Gasteiger partial charge in [0.15, 0.2) is 5.13 Å². The molecule has 0 aliphatic carbocycles. The van der Waals surface area contributed by atoms with Gasteiger partial charge in [-0.2, -0.15) is 0 Å². The van der Waals surface area contributed by atoms with E-state index >= 15 is 0 Å². The van der Waals surface area contributed by atoms with Crippen LogP contribution in [0.3, 0.4) is 0 Å². The number of esters is 1. The zero-order valence-electron chi connectivity index (χ0n) is 15.8. The molecule has 0 aliphatic heterocycles. The first-order valence-corrected chi connectivity index (χ1v) is 9.62. The van der Waals surface area contributed by atoms with Crippen LogP contribution in [0.15, 0.2) is 36.4 Å². The minimum absolute atomic E-state index is 0.280. The van der Waals surface area contributed by atoms with E-state index in [9.17, 15) is 18.0 Å². The molecule has 0 bridgehead atoms. The second-order valence-corrected chi connectivity index (χ2v) is 7.27. The number of alkyl halides is 3. The molecule has 0 fully saturated rings. The van der Waals surface area contributed by atoms with Gasteiger partial charge in [0, 0.05) is 13.1 Å². The van der Waals surface area contributed by atoms with Gasteiger partial charge in [0.1, 0.15) is 5.75 Å². The average Bonchev–Trinajstić information content (AvgIpc) is 3.21. The first kappa shape index (κ1) is 20.0. The average molecular weight is 436 g/mol. The Morgan fingerprint density at radius 2 is 1.93 bits per heavy atom. The summed E-state index contributed by atoms with van der Waals surface area (Å²) in [6, 6.07) is 8.99. The first-order chi connectivity index (χ1) is 14.2. The molecule has 156 valence electrons. The lowest BCUT2D eigenvalue weighted by Crippen LogP contribution is -2.16. The van der Waals surface area contributed by atoms with Crippen LogP contribution in [-0.4, -0.2) is 33.5 Å². The lowest BCUT2D eigenvalue weighted by molar-refractivity contribution is -0.274. The number of hydrogen-bond donors (Lipinski definition) is 1. The van der Waals surface area contributed by atoms with Crippen LogP contribution in [0.4, 0.5) is 24.3 Å². The van der Waals surface area contributed by atoms with E-state index in [1.54, 1.807) is 36.7 Å². The molecular weight excluding hydrogens is 421 g/mol. The third kappa shape index (κ3) is 4.01. The van der Waals surface area contributed by atoms with E-state index in [4.69, 9.17) is 4.74 Å². The standard InChI is InChI=1S/C19H15F3N4O3S/c1-3-28-16(27)10-4-6-12-14(8-10)26(2)17(23-12)25-18-24-13-7-5-11(9-15(13)30-18)29-19(20,21)22/h4-9H,3H2,1-2H3,(H,23,24,25). The highest BCUT2D eigenvalue weighted by Crippen LogP contribution is 2.33. The Morgan fingerprint density at radius 3 is 2.67 bits per heavy atom. The van der Waals surface area contributed by atoms with Crippen LogP contribution >= 0.6 is 11.3 Å². The molecule has 2 heterocycles. The number of rotatable bonds is 5. The number of aromatic nitrogens is 3. The lowest BCUT2D eigenvalue weighted by atomic mass is 10.2. The Hall–Kier alpha value is -3.34. The van der Waals surface area contributed by atoms with Crippen molar-refractivity contribution in [2.24, 2.45) is 7.05 Å². The largest absolute Gasteiger partial charge is 0.573 e. The normalized spacial score (nSPS) is 11.8. The maximum absolute atomic E-state index is 12.4. The zero-order valence-corrected chi connectivity index (χ0v) is 16.6. The summed E-state index contributed by atoms with van der Waals surface area (Å²) in [5, 5.41) is 3.53. The van der Waals surface area contributed by atoms with Crippen LogP contribution in [0.25, 0.3) is 21.3 Å². The Morgan fingerprint density at radius 1 is 1.17 bits per heavy atom. The smallest absolute Gasteiger partial charge is 0.462 e. The molecular formula is C19H15F3N4O3S. The number of carbonyl (C=O) groups is 1. The maximum atomic E-state index is 12.4. The number of ether oxygens (including phenoxy) is 2. The van der Waals surface area contributed by atoms with Crippen LogP contribution in [0.2, 0.25) is 0 Å². The van der Waals surface area contributed by atoms with E-state index in [-0.39, 0.29) is 12.4 Å². The summed E-state index contributed by atoms with van der Waals surface area (Å²) in [5.41, 5.74) is 2.32. The van der Waals surface area contributed by atoms with E-state index in [2.05, 4.69) is 20.0 Å². The Balaban J connectivity index is 1.62. The second kappa shape index (κ2) is 7.48. The fourth-order valence-electron chi connectivity index (χ4n) is 2.89. The monoisotopic (exact) mass is 436 g/mol. The highest BCUT2D eigenvalue weighted by molar-refractivity contribution is 7.22. The molecule has 2 aromatic heterocycles. The van der Waals surface area contributed by atoms with Gasteiger partial charge in [-0.15, -0.1) is 13.2 Å². The Bertz CT molecular complexity index is 1250. The Labute approximate surface area is 172 Å². The topological polar surface area (TPSA) is 78.3 Å². The van der Waals surface area contributed by atoms with Crippen LogP contribution < -0.4 is 10.1 Å². The van der Waals surface area contributed by atoms with Gasteiger partial charge in [0.2, 0.25) is 5.95 Å². The predicted molar refractivity (Wildman–Crippen MR) is 106 cm³/mol. The maximum Gasteiger partial charge on any atom is 0.573 e. The van der Waals surface area contributed by atoms with Gasteiger partial charge < -0.3 is 19.4 Å². The molecule has 4 aromatic rings. The Kier molecular flexibility index (Phi) is 4.98. The van der Waals surface area contributed by atoms with Gasteiger partial charge >= 0.3 is 12.3 Å². The fourth-order valence-corrected chi connectivity index (χ4v) is 3.78. The fraction of sp³-hybridized carbons (Fsp3) is 0.211. The first-order valence-electron chi connectivity index (χ1n) is 8.80. The third-order valence-corrected chi connectivity index (χ3v) is 5.14. The molecule has 2 aromatic carbocycles. The SMILES string of the molecule is CCOC(=O)c1ccc2nc(Nc3nc4ccc(OC(F)(F)F)cc4s3)n(C)c2c1. The van der Waals surface area contributed by atoms with Gasteiger partial charge in [-0.05, 0) is 37.3 Å². The van der Waals surface area contributed by atoms with E-state index in [0.717, 1.165) is 0 Å². The molecule has 0 aliphatic rings. The summed E-state index contributed by atoms with van der Waals surface area (Å²) in [4.78, 5) is 20.8. The molecule has 0 saturated carbocycles. The number of fused-ring (bicyclic) bond motifs is 2. The molecule has 7 nitrogen and oxygen atoms in total. The number of nitrogens with zero attached hydrogens (tertiary/aromatic N) is 3. The van der Waals surface area contributed by atoms with Crippen molar-refractivity contribution < 1.29 is 27.4 Å². The van der Waals surface area contributed by atoms with Crippen molar-refractivity contribution in [3.63, 3.8) is 0 Å². The van der Waals surface area contributed by atoms with Crippen molar-refractivity contribution >= 4 is 49.6 Å². The summed E-state index contributed by atoms with van der Waals surface area (Å²) in [6.45, 7) is 2.02. The zero-order chi connectivity index (χ0) is 21.5. The number of imidazole rings is 1. The van der Waals surface area contributed by atoms with Crippen molar-refractivity contribution in [2.75, 3.05) is 11.9 Å². The molecule has 0 unspecified atom stereocenters. The number of benzene rings is 2. The van der Waals surface area contributed by atoms with E-state index in [0.29, 0.717) is 37.9 Å². The number of hydrogen-bond acceptors (Lipinski definition) is 7. The van der Waals surface area contributed by atoms with Crippen molar-refractivity contribution in [3.05, 3.63) is 42.0 Å². The van der Waals surface area contributed by atoms with Crippen LogP contribution in [-0.2, 0) is 11.8 Å². The molecule has 0 amide bonds. The molecule has 30 heavy (non-hydrogen) atoms. The minimum atomic E-state index is -4.76. The highest BCUT2D eigenvalue weighted by atomic mass is 32.1. The van der Waals surface area contributed by atoms with Crippen molar-refractivity contribution in [1.29, 1.82) is 0 Å². The van der Waals surface area contributed by atoms with E-state index in [1.165, 1.54) is 29.5 Å². The van der Waals surface area contributed by atoms with Crippen molar-refractivity contribution in [3.8, 4) is 5.75 Å². The number of anilines is 2. The van der Waals surface area contributed by atoms with Crippen molar-refractivity contribution in [1.82, 2.24) is 14.5 Å². The quantitative estimate of drug-likeness (QED) is 0.444. The summed E-state index contributed by atoms with van der Waals surface area (Å²) in [6.07, 6.45) is -4.76. The molecule has 1 N–H and O–H groups in total. The molecule has 0 spiro atoms. The summed E-state index contributed by atoms with van der Waals surface area (Å²) < 4.78 is 48.5. The number of thiazole rings is 1. The highest BCUT2D eigenvalue weighted by Gasteiger charge is 2.31. The van der Waals surface area contributed by atoms with E-state index in [1.807, 2.05) is 0 Å². The molecule has 0 radical (unpaired) electrons. The minimum Gasteiger partial charge on any atom is -0.462 e. The number of aryl methyl sites for hydroxylation is 1. The lowest BCUT2D eigenvalue weighted by Gasteiger charge is -2.07. The molecule has 11 heteroatoms. The van der Waals surface area contributed by atoms with Gasteiger partial charge in [-0.25, -0.2) is 14.8 Å². The van der Waals surface area contributed by atoms with E-state index < -0.39 is 12.3 Å². The van der Waals surface area contributed by atoms with Crippen molar-refractivity contribution in [2.45, 2.75) is 13.3 Å². The van der Waals surface area contributed by atoms with Gasteiger partial charge in [-0.3, -0.25) is 0 Å². The van der Waals surface area contributed by atoms with Gasteiger partial charge in [-0.1, -0.05) is 11.3 Å². The molecule has 0 saturated heterocycles. The van der Waals surface area contributed by atoms with Crippen LogP contribution in [0.1, 0.15) is 17.3 Å². The molecule has 0 atom stereocenters. The number of carbonyl (C=O) groups excluding carboxylic acids is 1. The summed E-state index contributed by atoms with van der Waals surface area (Å²) in [5.74, 6) is -0.255. The van der Waals surface area contributed by atoms with Gasteiger partial charge in [0.05, 0.1) is 33.4 Å². The number of halogens is 3. The van der Waals surface area contributed by atoms with Crippen LogP contribution in [0, 0.1) is 0 Å². The second-order valence-electron chi connectivity index (χ2n) is 6.24. The van der Waals surface area contributed by atoms with Gasteiger partial charge in [0.25, 0.3) is 0 Å². The predicted octanol–water partition coefficient (Wildman–Crippen LogP) is 5.00. The summed E-state index contributed by atoms with van der Waals surface area (Å²) in [7, 11) is 1.77. The van der Waals surface area contributed by atoms with Crippen LogP contribution in [0.5, 0.6) is 5.75 Å². The number of nitrogens with one attached hydrogen (secondary N) is 1. The molecule has 4 rings (SSSR count). The summed E-state index contributed by atoms with van der Waals surface area (Å²) >= 11 is 1.17.